The second-order valence-electron chi connectivity index (χ2n) is 4.56. The first-order valence-corrected chi connectivity index (χ1v) is 4.98. The van der Waals surface area contributed by atoms with Crippen molar-refractivity contribution >= 4 is 5.91 Å². The van der Waals surface area contributed by atoms with Gasteiger partial charge in [-0.1, -0.05) is 6.92 Å². The van der Waals surface area contributed by atoms with E-state index in [2.05, 4.69) is 5.32 Å². The van der Waals surface area contributed by atoms with Crippen molar-refractivity contribution in [2.45, 2.75) is 44.8 Å². The lowest BCUT2D eigenvalue weighted by molar-refractivity contribution is -0.128. The molecule has 1 amide bonds. The van der Waals surface area contributed by atoms with Crippen molar-refractivity contribution in [3.05, 3.63) is 0 Å². The zero-order chi connectivity index (χ0) is 9.47. The molecule has 2 aliphatic rings. The van der Waals surface area contributed by atoms with Crippen LogP contribution in [0.2, 0.25) is 0 Å². The number of nitrogens with one attached hydrogen (secondary N) is 1. The molecule has 0 bridgehead atoms. The Balaban J connectivity index is 1.72. The van der Waals surface area contributed by atoms with Crippen LogP contribution >= 0.6 is 0 Å². The number of carbonyl (C=O) groups is 1. The Morgan fingerprint density at radius 2 is 2.08 bits per heavy atom. The Hall–Kier alpha value is -0.570. The summed E-state index contributed by atoms with van der Waals surface area (Å²) in [4.78, 5) is 11.6. The van der Waals surface area contributed by atoms with Crippen LogP contribution in [0.3, 0.4) is 0 Å². The summed E-state index contributed by atoms with van der Waals surface area (Å²) in [6.07, 6.45) is 4.45. The highest BCUT2D eigenvalue weighted by Crippen LogP contribution is 2.45. The van der Waals surface area contributed by atoms with Gasteiger partial charge in [-0.2, -0.15) is 0 Å². The first-order valence-electron chi connectivity index (χ1n) is 4.98. The summed E-state index contributed by atoms with van der Waals surface area (Å²) in [5.41, 5.74) is -0.0296. The summed E-state index contributed by atoms with van der Waals surface area (Å²) in [6.45, 7) is 2.04. The lowest BCUT2D eigenvalue weighted by atomic mass is 9.88. The predicted molar refractivity (Wildman–Crippen MR) is 49.3 cm³/mol. The fourth-order valence-corrected chi connectivity index (χ4v) is 1.65. The van der Waals surface area contributed by atoms with Gasteiger partial charge in [0.15, 0.2) is 0 Å². The Morgan fingerprint density at radius 3 is 2.54 bits per heavy atom. The average Bonchev–Trinajstić information content (AvgIpc) is 2.76. The summed E-state index contributed by atoms with van der Waals surface area (Å²) in [5, 5.41) is 3.06. The lowest BCUT2D eigenvalue weighted by Crippen LogP contribution is -2.49. The van der Waals surface area contributed by atoms with Crippen molar-refractivity contribution < 1.29 is 9.53 Å². The molecule has 0 radical (unpaired) electrons. The SMILES string of the molecule is COC1CC(NC(=O)C2(C)CC2)C1. The van der Waals surface area contributed by atoms with Crippen LogP contribution in [0.4, 0.5) is 0 Å². The highest BCUT2D eigenvalue weighted by Gasteiger charge is 2.46. The van der Waals surface area contributed by atoms with E-state index >= 15 is 0 Å². The van der Waals surface area contributed by atoms with Gasteiger partial charge < -0.3 is 10.1 Å². The molecule has 2 aliphatic carbocycles. The van der Waals surface area contributed by atoms with Gasteiger partial charge in [0, 0.05) is 18.6 Å². The Morgan fingerprint density at radius 1 is 1.46 bits per heavy atom. The summed E-state index contributed by atoms with van der Waals surface area (Å²) in [6, 6.07) is 0.370. The lowest BCUT2D eigenvalue weighted by Gasteiger charge is -2.35. The number of hydrogen-bond acceptors (Lipinski definition) is 2. The molecule has 3 nitrogen and oxygen atoms in total. The summed E-state index contributed by atoms with van der Waals surface area (Å²) >= 11 is 0. The Kier molecular flexibility index (Phi) is 2.06. The minimum absolute atomic E-state index is 0.0296. The topological polar surface area (TPSA) is 38.3 Å². The van der Waals surface area contributed by atoms with Gasteiger partial charge in [-0.3, -0.25) is 4.79 Å². The van der Waals surface area contributed by atoms with Gasteiger partial charge in [-0.15, -0.1) is 0 Å². The summed E-state index contributed by atoms with van der Waals surface area (Å²) in [5.74, 6) is 0.243. The monoisotopic (exact) mass is 183 g/mol. The minimum Gasteiger partial charge on any atom is -0.381 e. The Bertz CT molecular complexity index is 217. The van der Waals surface area contributed by atoms with Gasteiger partial charge in [-0.05, 0) is 25.7 Å². The maximum atomic E-state index is 11.6. The van der Waals surface area contributed by atoms with E-state index < -0.39 is 0 Å². The van der Waals surface area contributed by atoms with Gasteiger partial charge in [-0.25, -0.2) is 0 Å². The standard InChI is InChI=1S/C10H17NO2/c1-10(3-4-10)9(12)11-7-5-8(6-7)13-2/h7-8H,3-6H2,1-2H3,(H,11,12). The normalized spacial score (nSPS) is 34.9. The van der Waals surface area contributed by atoms with E-state index in [1.807, 2.05) is 6.92 Å². The smallest absolute Gasteiger partial charge is 0.226 e. The van der Waals surface area contributed by atoms with Crippen molar-refractivity contribution in [3.63, 3.8) is 0 Å². The quantitative estimate of drug-likeness (QED) is 0.711. The highest BCUT2D eigenvalue weighted by molar-refractivity contribution is 5.85. The molecule has 13 heavy (non-hydrogen) atoms. The summed E-state index contributed by atoms with van der Waals surface area (Å²) in [7, 11) is 1.73. The molecule has 0 saturated heterocycles. The van der Waals surface area contributed by atoms with Crippen molar-refractivity contribution in [1.29, 1.82) is 0 Å². The molecule has 0 aromatic heterocycles. The van der Waals surface area contributed by atoms with E-state index in [0.29, 0.717) is 12.1 Å². The second-order valence-corrected chi connectivity index (χ2v) is 4.56. The zero-order valence-electron chi connectivity index (χ0n) is 8.30. The maximum absolute atomic E-state index is 11.6. The van der Waals surface area contributed by atoms with E-state index in [0.717, 1.165) is 25.7 Å². The molecular weight excluding hydrogens is 166 g/mol. The number of rotatable bonds is 3. The van der Waals surface area contributed by atoms with E-state index in [-0.39, 0.29) is 11.3 Å². The van der Waals surface area contributed by atoms with Crippen LogP contribution in [0.15, 0.2) is 0 Å². The second kappa shape index (κ2) is 2.98. The van der Waals surface area contributed by atoms with Crippen LogP contribution in [0.5, 0.6) is 0 Å². The van der Waals surface area contributed by atoms with Crippen LogP contribution in [0, 0.1) is 5.41 Å². The molecule has 2 saturated carbocycles. The van der Waals surface area contributed by atoms with E-state index in [4.69, 9.17) is 4.74 Å². The molecule has 74 valence electrons. The van der Waals surface area contributed by atoms with Gasteiger partial charge in [0.05, 0.1) is 6.10 Å². The molecule has 3 heteroatoms. The number of methoxy groups -OCH3 is 1. The fourth-order valence-electron chi connectivity index (χ4n) is 1.65. The molecule has 0 heterocycles. The predicted octanol–water partition coefficient (Wildman–Crippen LogP) is 1.08. The van der Waals surface area contributed by atoms with Crippen LogP contribution < -0.4 is 5.32 Å². The van der Waals surface area contributed by atoms with Gasteiger partial charge in [0.2, 0.25) is 5.91 Å². The highest BCUT2D eigenvalue weighted by atomic mass is 16.5. The fraction of sp³-hybridized carbons (Fsp3) is 0.900. The largest absolute Gasteiger partial charge is 0.381 e. The third kappa shape index (κ3) is 1.70. The number of amides is 1. The van der Waals surface area contributed by atoms with Crippen molar-refractivity contribution in [2.24, 2.45) is 5.41 Å². The zero-order valence-corrected chi connectivity index (χ0v) is 8.30. The van der Waals surface area contributed by atoms with E-state index in [1.54, 1.807) is 7.11 Å². The van der Waals surface area contributed by atoms with Crippen molar-refractivity contribution in [2.75, 3.05) is 7.11 Å². The number of carbonyl (C=O) groups excluding carboxylic acids is 1. The third-order valence-electron chi connectivity index (χ3n) is 3.31. The van der Waals surface area contributed by atoms with Gasteiger partial charge >= 0.3 is 0 Å². The molecule has 0 aromatic rings. The molecule has 0 atom stereocenters. The molecule has 0 unspecified atom stereocenters. The maximum Gasteiger partial charge on any atom is 0.226 e. The van der Waals surface area contributed by atoms with Crippen LogP contribution in [0.25, 0.3) is 0 Å². The molecule has 1 N–H and O–H groups in total. The van der Waals surface area contributed by atoms with Gasteiger partial charge in [0.25, 0.3) is 0 Å². The average molecular weight is 183 g/mol. The van der Waals surface area contributed by atoms with Crippen molar-refractivity contribution in [3.8, 4) is 0 Å². The molecule has 0 spiro atoms. The number of hydrogen-bond donors (Lipinski definition) is 1. The molecule has 2 fully saturated rings. The van der Waals surface area contributed by atoms with E-state index in [1.165, 1.54) is 0 Å². The molecule has 0 aromatic carbocycles. The van der Waals surface area contributed by atoms with Gasteiger partial charge in [0.1, 0.15) is 0 Å². The Labute approximate surface area is 78.8 Å². The molecular formula is C10H17NO2. The van der Waals surface area contributed by atoms with Crippen LogP contribution in [-0.4, -0.2) is 25.2 Å². The van der Waals surface area contributed by atoms with E-state index in [9.17, 15) is 4.79 Å². The summed E-state index contributed by atoms with van der Waals surface area (Å²) < 4.78 is 5.15. The number of ether oxygens (including phenoxy) is 1. The minimum atomic E-state index is -0.0296. The van der Waals surface area contributed by atoms with Crippen LogP contribution in [0.1, 0.15) is 32.6 Å². The first kappa shape index (κ1) is 9.00. The molecule has 0 aliphatic heterocycles. The molecule has 2 rings (SSSR count). The van der Waals surface area contributed by atoms with Crippen molar-refractivity contribution in [1.82, 2.24) is 5.32 Å². The third-order valence-corrected chi connectivity index (χ3v) is 3.31. The van der Waals surface area contributed by atoms with Crippen LogP contribution in [-0.2, 0) is 9.53 Å². The first-order chi connectivity index (χ1) is 6.14.